The normalized spacial score (nSPS) is 17.8. The second kappa shape index (κ2) is 9.34. The highest BCUT2D eigenvalue weighted by Crippen LogP contribution is 2.36. The molecule has 0 spiro atoms. The molecule has 8 heteroatoms. The van der Waals surface area contributed by atoms with Crippen LogP contribution < -0.4 is 0 Å². The minimum absolute atomic E-state index is 0.273. The van der Waals surface area contributed by atoms with Gasteiger partial charge in [0.15, 0.2) is 0 Å². The Bertz CT molecular complexity index is 1070. The molecule has 1 aromatic heterocycles. The number of hydrogen-bond acceptors (Lipinski definition) is 6. The molecule has 1 atom stereocenters. The molecule has 2 heterocycles. The minimum atomic E-state index is -3.58. The van der Waals surface area contributed by atoms with Crippen LogP contribution in [0.2, 0.25) is 0 Å². The van der Waals surface area contributed by atoms with Gasteiger partial charge >= 0.3 is 0 Å². The molecule has 158 valence electrons. The second-order valence-corrected chi connectivity index (χ2v) is 10.4. The standard InChI is InChI=1S/C22H25N3O3S2/c1-17-10-12-19(13-11-17)30(26,27)25-14-6-5-9-20(25)22-24-23-21(29-22)16-28-15-18-7-3-2-4-8-18/h2-4,7-8,10-13,20H,5-6,9,14-16H2,1H3. The lowest BCUT2D eigenvalue weighted by Gasteiger charge is -2.33. The Hall–Kier alpha value is -2.13. The van der Waals surface area contributed by atoms with E-state index in [-0.39, 0.29) is 6.04 Å². The number of aryl methyl sites for hydroxylation is 1. The van der Waals surface area contributed by atoms with Crippen molar-refractivity contribution in [2.24, 2.45) is 0 Å². The molecule has 1 unspecified atom stereocenters. The highest BCUT2D eigenvalue weighted by Gasteiger charge is 2.36. The molecule has 6 nitrogen and oxygen atoms in total. The molecular formula is C22H25N3O3S2. The van der Waals surface area contributed by atoms with E-state index in [1.54, 1.807) is 16.4 Å². The molecule has 1 saturated heterocycles. The maximum atomic E-state index is 13.3. The van der Waals surface area contributed by atoms with Crippen LogP contribution in [0.4, 0.5) is 0 Å². The van der Waals surface area contributed by atoms with Gasteiger partial charge in [0.1, 0.15) is 16.6 Å². The third-order valence-corrected chi connectivity index (χ3v) is 8.11. The lowest BCUT2D eigenvalue weighted by atomic mass is 10.1. The number of sulfonamides is 1. The van der Waals surface area contributed by atoms with Gasteiger partial charge in [-0.15, -0.1) is 10.2 Å². The van der Waals surface area contributed by atoms with Crippen LogP contribution in [-0.4, -0.2) is 29.5 Å². The summed E-state index contributed by atoms with van der Waals surface area (Å²) in [7, 11) is -3.58. The molecule has 0 N–H and O–H groups in total. The smallest absolute Gasteiger partial charge is 0.243 e. The third-order valence-electron chi connectivity index (χ3n) is 5.19. The van der Waals surface area contributed by atoms with Crippen LogP contribution in [0.5, 0.6) is 0 Å². The van der Waals surface area contributed by atoms with Crippen LogP contribution >= 0.6 is 11.3 Å². The average molecular weight is 444 g/mol. The highest BCUT2D eigenvalue weighted by atomic mass is 32.2. The lowest BCUT2D eigenvalue weighted by Crippen LogP contribution is -2.38. The summed E-state index contributed by atoms with van der Waals surface area (Å²) in [6.07, 6.45) is 2.59. The Kier molecular flexibility index (Phi) is 6.58. The van der Waals surface area contributed by atoms with Crippen molar-refractivity contribution in [3.05, 3.63) is 75.7 Å². The van der Waals surface area contributed by atoms with Crippen LogP contribution in [0.3, 0.4) is 0 Å². The van der Waals surface area contributed by atoms with Crippen molar-refractivity contribution in [3.63, 3.8) is 0 Å². The predicted octanol–water partition coefficient (Wildman–Crippen LogP) is 4.48. The SMILES string of the molecule is Cc1ccc(S(=O)(=O)N2CCCCC2c2nnc(COCc3ccccc3)s2)cc1. The number of aromatic nitrogens is 2. The Morgan fingerprint density at radius 1 is 1.03 bits per heavy atom. The van der Waals surface area contributed by atoms with Crippen molar-refractivity contribution < 1.29 is 13.2 Å². The van der Waals surface area contributed by atoms with Gasteiger partial charge in [0.2, 0.25) is 10.0 Å². The number of benzene rings is 2. The van der Waals surface area contributed by atoms with Gasteiger partial charge in [0, 0.05) is 6.54 Å². The summed E-state index contributed by atoms with van der Waals surface area (Å²) in [6.45, 7) is 3.32. The van der Waals surface area contributed by atoms with E-state index in [2.05, 4.69) is 10.2 Å². The zero-order chi connectivity index (χ0) is 21.0. The Balaban J connectivity index is 1.47. The maximum Gasteiger partial charge on any atom is 0.243 e. The van der Waals surface area contributed by atoms with E-state index in [9.17, 15) is 8.42 Å². The van der Waals surface area contributed by atoms with E-state index in [1.165, 1.54) is 11.3 Å². The zero-order valence-electron chi connectivity index (χ0n) is 16.9. The number of piperidine rings is 1. The molecule has 0 saturated carbocycles. The fourth-order valence-electron chi connectivity index (χ4n) is 3.58. The third kappa shape index (κ3) is 4.78. The Morgan fingerprint density at radius 3 is 2.57 bits per heavy atom. The van der Waals surface area contributed by atoms with Gasteiger partial charge in [0.25, 0.3) is 0 Å². The van der Waals surface area contributed by atoms with Crippen LogP contribution in [0, 0.1) is 6.92 Å². The maximum absolute atomic E-state index is 13.3. The van der Waals surface area contributed by atoms with Crippen LogP contribution in [0.1, 0.15) is 46.4 Å². The van der Waals surface area contributed by atoms with Crippen LogP contribution in [0.15, 0.2) is 59.5 Å². The first-order valence-electron chi connectivity index (χ1n) is 10.1. The Labute approximate surface area is 181 Å². The van der Waals surface area contributed by atoms with Crippen LogP contribution in [-0.2, 0) is 28.0 Å². The predicted molar refractivity (Wildman–Crippen MR) is 117 cm³/mol. The van der Waals surface area contributed by atoms with Gasteiger partial charge in [-0.3, -0.25) is 0 Å². The molecule has 1 aliphatic heterocycles. The van der Waals surface area contributed by atoms with E-state index < -0.39 is 10.0 Å². The lowest BCUT2D eigenvalue weighted by molar-refractivity contribution is 0.106. The molecule has 3 aromatic rings. The second-order valence-electron chi connectivity index (χ2n) is 7.45. The molecule has 0 radical (unpaired) electrons. The van der Waals surface area contributed by atoms with Crippen LogP contribution in [0.25, 0.3) is 0 Å². The van der Waals surface area contributed by atoms with E-state index in [4.69, 9.17) is 4.74 Å². The fourth-order valence-corrected chi connectivity index (χ4v) is 6.23. The molecule has 2 aromatic carbocycles. The molecular weight excluding hydrogens is 418 g/mol. The van der Waals surface area contributed by atoms with Crippen molar-refractivity contribution in [1.82, 2.24) is 14.5 Å². The Morgan fingerprint density at radius 2 is 1.80 bits per heavy atom. The van der Waals surface area contributed by atoms with Crippen molar-refractivity contribution in [2.45, 2.75) is 50.3 Å². The summed E-state index contributed by atoms with van der Waals surface area (Å²) in [6, 6.07) is 16.7. The minimum Gasteiger partial charge on any atom is -0.370 e. The summed E-state index contributed by atoms with van der Waals surface area (Å²) < 4.78 is 33.9. The van der Waals surface area contributed by atoms with E-state index in [1.807, 2.05) is 49.4 Å². The van der Waals surface area contributed by atoms with Crippen molar-refractivity contribution in [2.75, 3.05) is 6.54 Å². The van der Waals surface area contributed by atoms with Gasteiger partial charge in [-0.05, 0) is 37.5 Å². The quantitative estimate of drug-likeness (QED) is 0.538. The van der Waals surface area contributed by atoms with E-state index in [0.29, 0.717) is 24.7 Å². The van der Waals surface area contributed by atoms with E-state index in [0.717, 1.165) is 40.4 Å². The molecule has 1 aliphatic rings. The van der Waals surface area contributed by atoms with Gasteiger partial charge < -0.3 is 4.74 Å². The zero-order valence-corrected chi connectivity index (χ0v) is 18.5. The first kappa shape index (κ1) is 21.1. The largest absolute Gasteiger partial charge is 0.370 e. The molecule has 0 amide bonds. The molecule has 4 rings (SSSR count). The number of nitrogens with zero attached hydrogens (tertiary/aromatic N) is 3. The summed E-state index contributed by atoms with van der Waals surface area (Å²) in [4.78, 5) is 0.330. The molecule has 0 aliphatic carbocycles. The monoisotopic (exact) mass is 443 g/mol. The molecule has 1 fully saturated rings. The summed E-state index contributed by atoms with van der Waals surface area (Å²) in [5, 5.41) is 10.1. The number of ether oxygens (including phenoxy) is 1. The number of rotatable bonds is 7. The van der Waals surface area contributed by atoms with Gasteiger partial charge in [-0.25, -0.2) is 8.42 Å². The van der Waals surface area contributed by atoms with Crippen molar-refractivity contribution in [3.8, 4) is 0 Å². The average Bonchev–Trinajstić information content (AvgIpc) is 3.24. The summed E-state index contributed by atoms with van der Waals surface area (Å²) >= 11 is 1.44. The first-order valence-corrected chi connectivity index (χ1v) is 12.3. The fraction of sp³-hybridized carbons (Fsp3) is 0.364. The number of hydrogen-bond donors (Lipinski definition) is 0. The first-order chi connectivity index (χ1) is 14.5. The topological polar surface area (TPSA) is 72.4 Å². The van der Waals surface area contributed by atoms with Crippen molar-refractivity contribution >= 4 is 21.4 Å². The summed E-state index contributed by atoms with van der Waals surface area (Å²) in [5.74, 6) is 0. The van der Waals surface area contributed by atoms with Crippen molar-refractivity contribution in [1.29, 1.82) is 0 Å². The van der Waals surface area contributed by atoms with Gasteiger partial charge in [-0.2, -0.15) is 4.31 Å². The summed E-state index contributed by atoms with van der Waals surface area (Å²) in [5.41, 5.74) is 2.14. The van der Waals surface area contributed by atoms with Gasteiger partial charge in [-0.1, -0.05) is 65.8 Å². The van der Waals surface area contributed by atoms with Gasteiger partial charge in [0.05, 0.1) is 17.5 Å². The highest BCUT2D eigenvalue weighted by molar-refractivity contribution is 7.89. The molecule has 30 heavy (non-hydrogen) atoms. The van der Waals surface area contributed by atoms with E-state index >= 15 is 0 Å². The molecule has 0 bridgehead atoms.